The van der Waals surface area contributed by atoms with Gasteiger partial charge in [-0.3, -0.25) is 5.10 Å². The molecule has 0 amide bonds. The first kappa shape index (κ1) is 9.41. The molecule has 3 N–H and O–H groups in total. The minimum Gasteiger partial charge on any atom is -0.436 e. The fraction of sp³-hybridized carbons (Fsp3) is 0. The molecule has 1 aromatic carbocycles. The van der Waals surface area contributed by atoms with E-state index in [1.54, 1.807) is 6.20 Å². The molecule has 0 aliphatic heterocycles. The topological polar surface area (TPSA) is 80.7 Å². The Kier molecular flexibility index (Phi) is 1.97. The number of nitrogens with two attached hydrogens (primary N) is 1. The molecule has 3 rings (SSSR count). The van der Waals surface area contributed by atoms with Crippen LogP contribution < -0.4 is 5.73 Å². The van der Waals surface area contributed by atoms with Crippen molar-refractivity contribution >= 4 is 32.8 Å². The predicted molar refractivity (Wildman–Crippen MR) is 63.7 cm³/mol. The van der Waals surface area contributed by atoms with Gasteiger partial charge < -0.3 is 10.2 Å². The van der Waals surface area contributed by atoms with E-state index in [-0.39, 0.29) is 0 Å². The van der Waals surface area contributed by atoms with E-state index < -0.39 is 0 Å². The zero-order valence-electron chi connectivity index (χ0n) is 8.07. The number of aromatic amines is 1. The Morgan fingerprint density at radius 3 is 3.00 bits per heavy atom. The molecule has 0 saturated heterocycles. The van der Waals surface area contributed by atoms with Gasteiger partial charge >= 0.3 is 0 Å². The Labute approximate surface area is 98.8 Å². The highest BCUT2D eigenvalue weighted by atomic mass is 79.9. The molecule has 0 atom stereocenters. The van der Waals surface area contributed by atoms with Gasteiger partial charge in [0, 0.05) is 4.47 Å². The van der Waals surface area contributed by atoms with Crippen molar-refractivity contribution in [1.82, 2.24) is 15.2 Å². The molecule has 6 heteroatoms. The Morgan fingerprint density at radius 2 is 2.25 bits per heavy atom. The number of hydrogen-bond acceptors (Lipinski definition) is 4. The molecular formula is C10H7BrN4O. The number of nitrogens with zero attached hydrogens (tertiary/aromatic N) is 2. The van der Waals surface area contributed by atoms with Crippen LogP contribution >= 0.6 is 15.9 Å². The van der Waals surface area contributed by atoms with E-state index in [1.165, 1.54) is 0 Å². The van der Waals surface area contributed by atoms with Crippen molar-refractivity contribution in [2.24, 2.45) is 0 Å². The van der Waals surface area contributed by atoms with Gasteiger partial charge in [-0.15, -0.1) is 0 Å². The third-order valence-electron chi connectivity index (χ3n) is 2.25. The number of benzene rings is 1. The normalized spacial score (nSPS) is 11.1. The SMILES string of the molecule is Nc1[nH]ncc1-c1nc2cc(Br)ccc2o1. The van der Waals surface area contributed by atoms with Gasteiger partial charge in [0.05, 0.1) is 11.8 Å². The molecule has 0 aliphatic rings. The lowest BCUT2D eigenvalue weighted by molar-refractivity contribution is 0.620. The lowest BCUT2D eigenvalue weighted by Crippen LogP contribution is -1.87. The summed E-state index contributed by atoms with van der Waals surface area (Å²) in [5, 5.41) is 6.47. The standard InChI is InChI=1S/C10H7BrN4O/c11-5-1-2-8-7(3-5)14-10(16-8)6-4-13-15-9(6)12/h1-4H,(H3,12,13,15). The largest absolute Gasteiger partial charge is 0.436 e. The Bertz CT molecular complexity index is 658. The highest BCUT2D eigenvalue weighted by molar-refractivity contribution is 9.10. The number of aromatic nitrogens is 3. The summed E-state index contributed by atoms with van der Waals surface area (Å²) in [4.78, 5) is 4.34. The molecule has 0 spiro atoms. The van der Waals surface area contributed by atoms with Gasteiger partial charge in [-0.1, -0.05) is 15.9 Å². The van der Waals surface area contributed by atoms with Crippen LogP contribution in [0.15, 0.2) is 33.3 Å². The number of halogens is 1. The monoisotopic (exact) mass is 278 g/mol. The van der Waals surface area contributed by atoms with E-state index in [4.69, 9.17) is 10.2 Å². The van der Waals surface area contributed by atoms with E-state index in [2.05, 4.69) is 31.1 Å². The number of nitrogen functional groups attached to an aromatic ring is 1. The van der Waals surface area contributed by atoms with E-state index in [0.29, 0.717) is 17.3 Å². The van der Waals surface area contributed by atoms with Crippen molar-refractivity contribution in [3.63, 3.8) is 0 Å². The van der Waals surface area contributed by atoms with Crippen molar-refractivity contribution in [2.75, 3.05) is 5.73 Å². The van der Waals surface area contributed by atoms with Crippen LogP contribution in [0.4, 0.5) is 5.82 Å². The van der Waals surface area contributed by atoms with Crippen molar-refractivity contribution in [1.29, 1.82) is 0 Å². The average molecular weight is 279 g/mol. The van der Waals surface area contributed by atoms with Crippen molar-refractivity contribution < 1.29 is 4.42 Å². The summed E-state index contributed by atoms with van der Waals surface area (Å²) in [6, 6.07) is 5.64. The summed E-state index contributed by atoms with van der Waals surface area (Å²) in [5.74, 6) is 0.921. The summed E-state index contributed by atoms with van der Waals surface area (Å²) in [5.41, 5.74) is 7.87. The highest BCUT2D eigenvalue weighted by Gasteiger charge is 2.12. The van der Waals surface area contributed by atoms with E-state index in [9.17, 15) is 0 Å². The van der Waals surface area contributed by atoms with Crippen LogP contribution in [0.3, 0.4) is 0 Å². The van der Waals surface area contributed by atoms with E-state index >= 15 is 0 Å². The van der Waals surface area contributed by atoms with Crippen LogP contribution in [0.1, 0.15) is 0 Å². The minimum absolute atomic E-state index is 0.450. The van der Waals surface area contributed by atoms with Crippen LogP contribution in [0.25, 0.3) is 22.6 Å². The second-order valence-corrected chi connectivity index (χ2v) is 4.24. The Hall–Kier alpha value is -1.82. The number of nitrogens with one attached hydrogen (secondary N) is 1. The number of fused-ring (bicyclic) bond motifs is 1. The quantitative estimate of drug-likeness (QED) is 0.717. The molecule has 80 valence electrons. The molecule has 0 bridgehead atoms. The number of rotatable bonds is 1. The van der Waals surface area contributed by atoms with Gasteiger partial charge in [0.2, 0.25) is 5.89 Å². The van der Waals surface area contributed by atoms with Crippen LogP contribution in [0, 0.1) is 0 Å². The van der Waals surface area contributed by atoms with Crippen LogP contribution in [-0.4, -0.2) is 15.2 Å². The van der Waals surface area contributed by atoms with Crippen LogP contribution in [0.5, 0.6) is 0 Å². The Balaban J connectivity index is 2.23. The first-order chi connectivity index (χ1) is 7.74. The van der Waals surface area contributed by atoms with Gasteiger partial charge in [0.25, 0.3) is 0 Å². The Morgan fingerprint density at radius 1 is 1.38 bits per heavy atom. The van der Waals surface area contributed by atoms with Crippen molar-refractivity contribution in [3.05, 3.63) is 28.9 Å². The zero-order chi connectivity index (χ0) is 11.1. The fourth-order valence-corrected chi connectivity index (χ4v) is 1.83. The molecule has 16 heavy (non-hydrogen) atoms. The van der Waals surface area contributed by atoms with Crippen molar-refractivity contribution in [3.8, 4) is 11.5 Å². The molecule has 2 aromatic heterocycles. The third kappa shape index (κ3) is 1.38. The van der Waals surface area contributed by atoms with Crippen LogP contribution in [0.2, 0.25) is 0 Å². The lowest BCUT2D eigenvalue weighted by atomic mass is 10.3. The number of H-pyrrole nitrogens is 1. The number of oxazole rings is 1. The van der Waals surface area contributed by atoms with Gasteiger partial charge in [0.1, 0.15) is 11.3 Å². The molecule has 0 aliphatic carbocycles. The first-order valence-corrected chi connectivity index (χ1v) is 5.38. The number of anilines is 1. The maximum atomic E-state index is 5.70. The smallest absolute Gasteiger partial charge is 0.232 e. The molecule has 3 aromatic rings. The summed E-state index contributed by atoms with van der Waals surface area (Å²) in [6.45, 7) is 0. The molecule has 0 radical (unpaired) electrons. The van der Waals surface area contributed by atoms with Gasteiger partial charge in [-0.25, -0.2) is 4.98 Å². The lowest BCUT2D eigenvalue weighted by Gasteiger charge is -1.89. The molecular weight excluding hydrogens is 272 g/mol. The van der Waals surface area contributed by atoms with Gasteiger partial charge in [0.15, 0.2) is 5.58 Å². The third-order valence-corrected chi connectivity index (χ3v) is 2.74. The minimum atomic E-state index is 0.450. The van der Waals surface area contributed by atoms with Gasteiger partial charge in [-0.2, -0.15) is 5.10 Å². The summed E-state index contributed by atoms with van der Waals surface area (Å²) < 4.78 is 6.53. The molecule has 0 saturated carbocycles. The second-order valence-electron chi connectivity index (χ2n) is 3.33. The maximum absolute atomic E-state index is 5.70. The van der Waals surface area contributed by atoms with Crippen LogP contribution in [-0.2, 0) is 0 Å². The maximum Gasteiger partial charge on any atom is 0.232 e. The average Bonchev–Trinajstić information content (AvgIpc) is 2.82. The number of hydrogen-bond donors (Lipinski definition) is 2. The fourth-order valence-electron chi connectivity index (χ4n) is 1.48. The zero-order valence-corrected chi connectivity index (χ0v) is 9.65. The first-order valence-electron chi connectivity index (χ1n) is 4.59. The van der Waals surface area contributed by atoms with E-state index in [1.807, 2.05) is 18.2 Å². The highest BCUT2D eigenvalue weighted by Crippen LogP contribution is 2.28. The van der Waals surface area contributed by atoms with E-state index in [0.717, 1.165) is 15.6 Å². The summed E-state index contributed by atoms with van der Waals surface area (Å²) >= 11 is 3.38. The summed E-state index contributed by atoms with van der Waals surface area (Å²) in [7, 11) is 0. The molecule has 2 heterocycles. The van der Waals surface area contributed by atoms with Crippen molar-refractivity contribution in [2.45, 2.75) is 0 Å². The molecule has 5 nitrogen and oxygen atoms in total. The molecule has 0 fully saturated rings. The molecule has 0 unspecified atom stereocenters. The van der Waals surface area contributed by atoms with Gasteiger partial charge in [-0.05, 0) is 18.2 Å². The summed E-state index contributed by atoms with van der Waals surface area (Å²) in [6.07, 6.45) is 1.59. The second kappa shape index (κ2) is 3.34. The predicted octanol–water partition coefficient (Wildman–Crippen LogP) is 2.56.